The van der Waals surface area contributed by atoms with Crippen molar-refractivity contribution in [1.82, 2.24) is 0 Å². The largest absolute Gasteiger partial charge is 0.316 e. The molecule has 1 N–H and O–H groups in total. The molecule has 0 fully saturated rings. The van der Waals surface area contributed by atoms with E-state index in [1.54, 1.807) is 0 Å². The molecular formula is C14H8FN3O3. The molecule has 0 bridgehead atoms. The lowest BCUT2D eigenvalue weighted by molar-refractivity contribution is -0.384. The van der Waals surface area contributed by atoms with Gasteiger partial charge in [-0.2, -0.15) is 5.26 Å². The highest BCUT2D eigenvalue weighted by Gasteiger charge is 2.17. The van der Waals surface area contributed by atoms with Crippen LogP contribution in [0.25, 0.3) is 0 Å². The van der Waals surface area contributed by atoms with Crippen molar-refractivity contribution < 1.29 is 14.1 Å². The van der Waals surface area contributed by atoms with E-state index in [1.807, 2.05) is 6.07 Å². The zero-order chi connectivity index (χ0) is 15.4. The molecule has 0 aromatic heterocycles. The Bertz CT molecular complexity index is 768. The summed E-state index contributed by atoms with van der Waals surface area (Å²) in [6.07, 6.45) is 0. The number of halogens is 1. The molecule has 0 spiro atoms. The minimum atomic E-state index is -0.787. The van der Waals surface area contributed by atoms with E-state index in [0.29, 0.717) is 0 Å². The predicted octanol–water partition coefficient (Wildman–Crippen LogP) is 2.86. The number of amides is 1. The Labute approximate surface area is 118 Å². The van der Waals surface area contributed by atoms with E-state index < -0.39 is 22.3 Å². The van der Waals surface area contributed by atoms with Crippen LogP contribution in [0.5, 0.6) is 0 Å². The number of hydrogen-bond donors (Lipinski definition) is 1. The van der Waals surface area contributed by atoms with Crippen molar-refractivity contribution in [3.05, 3.63) is 69.5 Å². The van der Waals surface area contributed by atoms with E-state index in [4.69, 9.17) is 5.26 Å². The Balaban J connectivity index is 2.32. The SMILES string of the molecule is N#Cc1cccc(C(=O)Nc2ccc(F)cc2[N+](=O)[O-])c1. The van der Waals surface area contributed by atoms with Gasteiger partial charge in [0.25, 0.3) is 11.6 Å². The minimum Gasteiger partial charge on any atom is -0.316 e. The first-order valence-corrected chi connectivity index (χ1v) is 5.76. The molecule has 1 amide bonds. The molecule has 2 aromatic rings. The summed E-state index contributed by atoms with van der Waals surface area (Å²) in [7, 11) is 0. The minimum absolute atomic E-state index is 0.117. The van der Waals surface area contributed by atoms with Crippen molar-refractivity contribution in [1.29, 1.82) is 5.26 Å². The summed E-state index contributed by atoms with van der Waals surface area (Å²) in [4.78, 5) is 22.1. The van der Waals surface area contributed by atoms with Gasteiger partial charge in [-0.05, 0) is 30.3 Å². The normalized spacial score (nSPS) is 9.71. The first-order chi connectivity index (χ1) is 10.0. The second kappa shape index (κ2) is 5.79. The predicted molar refractivity (Wildman–Crippen MR) is 72.2 cm³/mol. The Morgan fingerprint density at radius 3 is 2.71 bits per heavy atom. The van der Waals surface area contributed by atoms with E-state index in [-0.39, 0.29) is 16.8 Å². The Hall–Kier alpha value is -3.27. The fourth-order valence-electron chi connectivity index (χ4n) is 1.69. The third-order valence-electron chi connectivity index (χ3n) is 2.66. The van der Waals surface area contributed by atoms with E-state index in [0.717, 1.165) is 18.2 Å². The molecule has 7 heteroatoms. The summed E-state index contributed by atoms with van der Waals surface area (Å²) in [5.74, 6) is -1.40. The smallest absolute Gasteiger partial charge is 0.295 e. The maximum Gasteiger partial charge on any atom is 0.295 e. The number of rotatable bonds is 3. The number of nitrogens with one attached hydrogen (secondary N) is 1. The van der Waals surface area contributed by atoms with Gasteiger partial charge in [0.2, 0.25) is 0 Å². The van der Waals surface area contributed by atoms with E-state index in [2.05, 4.69) is 5.32 Å². The first-order valence-electron chi connectivity index (χ1n) is 5.76. The maximum absolute atomic E-state index is 13.0. The fraction of sp³-hybridized carbons (Fsp3) is 0. The summed E-state index contributed by atoms with van der Waals surface area (Å²) in [6, 6.07) is 10.6. The standard InChI is InChI=1S/C14H8FN3O3/c15-11-4-5-12(13(7-11)18(20)21)17-14(19)10-3-1-2-9(6-10)8-16/h1-7H,(H,17,19). The van der Waals surface area contributed by atoms with E-state index in [9.17, 15) is 19.3 Å². The van der Waals surface area contributed by atoms with Crippen molar-refractivity contribution in [2.24, 2.45) is 0 Å². The van der Waals surface area contributed by atoms with Crippen LogP contribution in [0.3, 0.4) is 0 Å². The van der Waals surface area contributed by atoms with Crippen LogP contribution in [0.4, 0.5) is 15.8 Å². The molecular weight excluding hydrogens is 277 g/mol. The third kappa shape index (κ3) is 3.19. The van der Waals surface area contributed by atoms with Crippen LogP contribution in [-0.4, -0.2) is 10.8 Å². The fourth-order valence-corrected chi connectivity index (χ4v) is 1.69. The third-order valence-corrected chi connectivity index (χ3v) is 2.66. The molecule has 2 aromatic carbocycles. The molecule has 6 nitrogen and oxygen atoms in total. The molecule has 2 rings (SSSR count). The molecule has 0 aliphatic heterocycles. The number of anilines is 1. The van der Waals surface area contributed by atoms with Crippen LogP contribution in [-0.2, 0) is 0 Å². The quantitative estimate of drug-likeness (QED) is 0.692. The highest BCUT2D eigenvalue weighted by Crippen LogP contribution is 2.25. The number of nitrogens with zero attached hydrogens (tertiary/aromatic N) is 2. The highest BCUT2D eigenvalue weighted by atomic mass is 19.1. The lowest BCUT2D eigenvalue weighted by Gasteiger charge is -2.06. The molecule has 0 saturated carbocycles. The molecule has 0 heterocycles. The van der Waals surface area contributed by atoms with Crippen LogP contribution in [0, 0.1) is 27.3 Å². The Morgan fingerprint density at radius 2 is 2.05 bits per heavy atom. The number of nitro benzene ring substituents is 1. The monoisotopic (exact) mass is 285 g/mol. The highest BCUT2D eigenvalue weighted by molar-refractivity contribution is 6.05. The number of nitro groups is 1. The first kappa shape index (κ1) is 14.1. The maximum atomic E-state index is 13.0. The summed E-state index contributed by atoms with van der Waals surface area (Å²) >= 11 is 0. The number of carbonyl (C=O) groups excluding carboxylic acids is 1. The van der Waals surface area contributed by atoms with Crippen LogP contribution < -0.4 is 5.32 Å². The number of benzene rings is 2. The molecule has 0 aliphatic rings. The molecule has 0 radical (unpaired) electrons. The van der Waals surface area contributed by atoms with Gasteiger partial charge >= 0.3 is 0 Å². The topological polar surface area (TPSA) is 96.0 Å². The van der Waals surface area contributed by atoms with Crippen LogP contribution in [0.2, 0.25) is 0 Å². The van der Waals surface area contributed by atoms with E-state index >= 15 is 0 Å². The summed E-state index contributed by atoms with van der Waals surface area (Å²) in [6.45, 7) is 0. The summed E-state index contributed by atoms with van der Waals surface area (Å²) in [5.41, 5.74) is -0.197. The van der Waals surface area contributed by atoms with Crippen LogP contribution >= 0.6 is 0 Å². The average molecular weight is 285 g/mol. The van der Waals surface area contributed by atoms with Gasteiger partial charge in [0, 0.05) is 5.56 Å². The molecule has 104 valence electrons. The zero-order valence-electron chi connectivity index (χ0n) is 10.5. The van der Waals surface area contributed by atoms with Crippen molar-refractivity contribution in [3.63, 3.8) is 0 Å². The van der Waals surface area contributed by atoms with Gasteiger partial charge in [0.15, 0.2) is 0 Å². The molecule has 0 aliphatic carbocycles. The lowest BCUT2D eigenvalue weighted by atomic mass is 10.1. The molecule has 21 heavy (non-hydrogen) atoms. The second-order valence-electron chi connectivity index (χ2n) is 4.07. The van der Waals surface area contributed by atoms with Gasteiger partial charge in [0.1, 0.15) is 11.5 Å². The molecule has 0 unspecified atom stereocenters. The summed E-state index contributed by atoms with van der Waals surface area (Å²) in [5, 5.41) is 21.9. The van der Waals surface area contributed by atoms with Gasteiger partial charge in [-0.25, -0.2) is 4.39 Å². The lowest BCUT2D eigenvalue weighted by Crippen LogP contribution is -2.13. The molecule has 0 saturated heterocycles. The van der Waals surface area contributed by atoms with Gasteiger partial charge in [-0.15, -0.1) is 0 Å². The van der Waals surface area contributed by atoms with Crippen molar-refractivity contribution in [2.45, 2.75) is 0 Å². The van der Waals surface area contributed by atoms with Gasteiger partial charge in [-0.1, -0.05) is 6.07 Å². The van der Waals surface area contributed by atoms with Gasteiger partial charge in [0.05, 0.1) is 22.6 Å². The second-order valence-corrected chi connectivity index (χ2v) is 4.07. The van der Waals surface area contributed by atoms with Gasteiger partial charge < -0.3 is 5.32 Å². The molecule has 0 atom stereocenters. The summed E-state index contributed by atoms with van der Waals surface area (Å²) < 4.78 is 13.0. The number of carbonyl (C=O) groups is 1. The zero-order valence-corrected chi connectivity index (χ0v) is 10.5. The number of nitriles is 1. The average Bonchev–Trinajstić information content (AvgIpc) is 2.48. The Kier molecular flexibility index (Phi) is 3.90. The van der Waals surface area contributed by atoms with Crippen LogP contribution in [0.1, 0.15) is 15.9 Å². The Morgan fingerprint density at radius 1 is 1.29 bits per heavy atom. The van der Waals surface area contributed by atoms with Crippen molar-refractivity contribution in [3.8, 4) is 6.07 Å². The van der Waals surface area contributed by atoms with Crippen LogP contribution in [0.15, 0.2) is 42.5 Å². The van der Waals surface area contributed by atoms with Crippen molar-refractivity contribution in [2.75, 3.05) is 5.32 Å². The van der Waals surface area contributed by atoms with E-state index in [1.165, 1.54) is 24.3 Å². The van der Waals surface area contributed by atoms with Crippen molar-refractivity contribution >= 4 is 17.3 Å². The van der Waals surface area contributed by atoms with Gasteiger partial charge in [-0.3, -0.25) is 14.9 Å². The number of hydrogen-bond acceptors (Lipinski definition) is 4.